The van der Waals surface area contributed by atoms with Crippen molar-refractivity contribution < 1.29 is 23.1 Å². The van der Waals surface area contributed by atoms with Gasteiger partial charge in [0.05, 0.1) is 11.1 Å². The smallest absolute Gasteiger partial charge is 0.416 e. The Morgan fingerprint density at radius 1 is 1.30 bits per heavy atom. The maximum Gasteiger partial charge on any atom is 0.416 e. The number of fused-ring (bicyclic) bond motifs is 1. The van der Waals surface area contributed by atoms with Crippen molar-refractivity contribution in [2.24, 2.45) is 0 Å². The second kappa shape index (κ2) is 6.57. The fraction of sp³-hybridized carbons (Fsp3) is 0.278. The lowest BCUT2D eigenvalue weighted by atomic mass is 10.0. The normalized spacial score (nSPS) is 12.1. The van der Waals surface area contributed by atoms with Crippen LogP contribution in [0.25, 0.3) is 5.65 Å². The number of halogens is 3. The number of carboxylic acid groups (broad SMARTS) is 1. The zero-order chi connectivity index (χ0) is 19.9. The van der Waals surface area contributed by atoms with E-state index in [0.29, 0.717) is 5.69 Å². The first-order chi connectivity index (χ1) is 12.6. The molecule has 3 aromatic rings. The Hall–Kier alpha value is -3.10. The summed E-state index contributed by atoms with van der Waals surface area (Å²) in [5.74, 6) is -1.37. The number of alkyl halides is 3. The van der Waals surface area contributed by atoms with Gasteiger partial charge < -0.3 is 5.11 Å². The Morgan fingerprint density at radius 2 is 2.00 bits per heavy atom. The van der Waals surface area contributed by atoms with Gasteiger partial charge in [-0.25, -0.2) is 14.3 Å². The van der Waals surface area contributed by atoms with Crippen molar-refractivity contribution in [3.05, 3.63) is 68.8 Å². The molecule has 0 saturated heterocycles. The number of aromatic carboxylic acids is 1. The van der Waals surface area contributed by atoms with E-state index in [-0.39, 0.29) is 29.1 Å². The fourth-order valence-corrected chi connectivity index (χ4v) is 2.77. The standard InChI is InChI=1S/C18H16F3N3O3/c1-9(2)13-8-14-22-15(17(26)27)12(16(25)24(14)23-13)7-10-4-3-5-11(6-10)18(19,20)21/h3-6,8-9,23H,7H2,1-2H3,(H,26,27). The number of hydrogen-bond acceptors (Lipinski definition) is 3. The van der Waals surface area contributed by atoms with Crippen LogP contribution in [0.3, 0.4) is 0 Å². The second-order valence-corrected chi connectivity index (χ2v) is 6.48. The van der Waals surface area contributed by atoms with Crippen molar-refractivity contribution in [1.29, 1.82) is 0 Å². The van der Waals surface area contributed by atoms with Crippen molar-refractivity contribution in [1.82, 2.24) is 14.6 Å². The molecule has 3 rings (SSSR count). The number of aromatic amines is 1. The van der Waals surface area contributed by atoms with Crippen LogP contribution in [0.4, 0.5) is 13.2 Å². The molecule has 27 heavy (non-hydrogen) atoms. The van der Waals surface area contributed by atoms with E-state index in [9.17, 15) is 27.9 Å². The highest BCUT2D eigenvalue weighted by molar-refractivity contribution is 5.87. The molecule has 0 aliphatic rings. The number of H-pyrrole nitrogens is 1. The van der Waals surface area contributed by atoms with Crippen LogP contribution in [-0.2, 0) is 12.6 Å². The number of benzene rings is 1. The summed E-state index contributed by atoms with van der Waals surface area (Å²) < 4.78 is 39.8. The first-order valence-corrected chi connectivity index (χ1v) is 8.12. The number of carboxylic acids is 1. The monoisotopic (exact) mass is 379 g/mol. The van der Waals surface area contributed by atoms with Gasteiger partial charge in [-0.1, -0.05) is 32.0 Å². The lowest BCUT2D eigenvalue weighted by Gasteiger charge is -2.10. The molecule has 9 heteroatoms. The average Bonchev–Trinajstić information content (AvgIpc) is 3.01. The van der Waals surface area contributed by atoms with Gasteiger partial charge in [-0.15, -0.1) is 0 Å². The van der Waals surface area contributed by atoms with E-state index in [1.807, 2.05) is 13.8 Å². The summed E-state index contributed by atoms with van der Waals surface area (Å²) in [5, 5.41) is 12.3. The molecule has 0 aliphatic heterocycles. The van der Waals surface area contributed by atoms with Gasteiger partial charge in [0.25, 0.3) is 5.56 Å². The van der Waals surface area contributed by atoms with E-state index in [1.54, 1.807) is 6.07 Å². The molecular formula is C18H16F3N3O3. The van der Waals surface area contributed by atoms with Gasteiger partial charge in [-0.05, 0) is 17.5 Å². The molecule has 0 atom stereocenters. The van der Waals surface area contributed by atoms with E-state index in [1.165, 1.54) is 12.1 Å². The molecule has 0 unspecified atom stereocenters. The van der Waals surface area contributed by atoms with E-state index >= 15 is 0 Å². The number of nitrogens with zero attached hydrogens (tertiary/aromatic N) is 2. The number of hydrogen-bond donors (Lipinski definition) is 2. The molecular weight excluding hydrogens is 363 g/mol. The third-order valence-electron chi connectivity index (χ3n) is 4.19. The summed E-state index contributed by atoms with van der Waals surface area (Å²) in [4.78, 5) is 28.4. The molecule has 0 radical (unpaired) electrons. The van der Waals surface area contributed by atoms with E-state index < -0.39 is 29.0 Å². The molecule has 2 aromatic heterocycles. The summed E-state index contributed by atoms with van der Waals surface area (Å²) in [5.41, 5.74) is -1.17. The summed E-state index contributed by atoms with van der Waals surface area (Å²) in [6.45, 7) is 3.77. The van der Waals surface area contributed by atoms with Gasteiger partial charge in [0.2, 0.25) is 0 Å². The highest BCUT2D eigenvalue weighted by Crippen LogP contribution is 2.30. The van der Waals surface area contributed by atoms with Gasteiger partial charge in [-0.3, -0.25) is 9.89 Å². The minimum absolute atomic E-state index is 0.0475. The van der Waals surface area contributed by atoms with Crippen molar-refractivity contribution in [2.45, 2.75) is 32.4 Å². The predicted molar refractivity (Wildman–Crippen MR) is 91.1 cm³/mol. The second-order valence-electron chi connectivity index (χ2n) is 6.48. The summed E-state index contributed by atoms with van der Waals surface area (Å²) >= 11 is 0. The molecule has 0 bridgehead atoms. The number of carbonyl (C=O) groups is 1. The zero-order valence-corrected chi connectivity index (χ0v) is 14.5. The highest BCUT2D eigenvalue weighted by Gasteiger charge is 2.30. The summed E-state index contributed by atoms with van der Waals surface area (Å²) in [7, 11) is 0. The summed E-state index contributed by atoms with van der Waals surface area (Å²) in [6.07, 6.45) is -4.81. The van der Waals surface area contributed by atoms with E-state index in [0.717, 1.165) is 16.6 Å². The molecule has 6 nitrogen and oxygen atoms in total. The molecule has 0 fully saturated rings. The highest BCUT2D eigenvalue weighted by atomic mass is 19.4. The van der Waals surface area contributed by atoms with Crippen molar-refractivity contribution in [3.8, 4) is 0 Å². The Labute approximate surface area is 151 Å². The van der Waals surface area contributed by atoms with Gasteiger partial charge in [0.15, 0.2) is 11.3 Å². The van der Waals surface area contributed by atoms with Crippen LogP contribution in [0.15, 0.2) is 35.1 Å². The lowest BCUT2D eigenvalue weighted by Crippen LogP contribution is -2.25. The van der Waals surface area contributed by atoms with E-state index in [2.05, 4.69) is 10.1 Å². The fourth-order valence-electron chi connectivity index (χ4n) is 2.77. The Balaban J connectivity index is 2.16. The SMILES string of the molecule is CC(C)c1cc2nc(C(=O)O)c(Cc3cccc(C(F)(F)F)c3)c(=O)n2[nH]1. The topological polar surface area (TPSA) is 87.5 Å². The quantitative estimate of drug-likeness (QED) is 0.727. The molecule has 2 heterocycles. The van der Waals surface area contributed by atoms with Crippen LogP contribution in [0.5, 0.6) is 0 Å². The average molecular weight is 379 g/mol. The number of aromatic nitrogens is 3. The molecule has 142 valence electrons. The van der Waals surface area contributed by atoms with Crippen LogP contribution in [0.2, 0.25) is 0 Å². The number of rotatable bonds is 4. The van der Waals surface area contributed by atoms with Crippen LogP contribution >= 0.6 is 0 Å². The van der Waals surface area contributed by atoms with Gasteiger partial charge in [0, 0.05) is 18.2 Å². The van der Waals surface area contributed by atoms with Crippen LogP contribution in [0, 0.1) is 0 Å². The lowest BCUT2D eigenvalue weighted by molar-refractivity contribution is -0.137. The van der Waals surface area contributed by atoms with Crippen LogP contribution < -0.4 is 5.56 Å². The predicted octanol–water partition coefficient (Wildman–Crippen LogP) is 3.45. The Bertz CT molecular complexity index is 1080. The number of nitrogens with one attached hydrogen (secondary N) is 1. The first kappa shape index (κ1) is 18.7. The first-order valence-electron chi connectivity index (χ1n) is 8.12. The van der Waals surface area contributed by atoms with Gasteiger partial charge in [-0.2, -0.15) is 13.2 Å². The molecule has 1 aromatic carbocycles. The zero-order valence-electron chi connectivity index (χ0n) is 14.5. The Kier molecular flexibility index (Phi) is 4.54. The molecule has 0 saturated carbocycles. The van der Waals surface area contributed by atoms with Crippen LogP contribution in [0.1, 0.15) is 52.6 Å². The largest absolute Gasteiger partial charge is 0.476 e. The minimum Gasteiger partial charge on any atom is -0.476 e. The molecule has 2 N–H and O–H groups in total. The Morgan fingerprint density at radius 3 is 2.59 bits per heavy atom. The van der Waals surface area contributed by atoms with Crippen molar-refractivity contribution >= 4 is 11.6 Å². The van der Waals surface area contributed by atoms with Crippen molar-refractivity contribution in [3.63, 3.8) is 0 Å². The molecule has 0 spiro atoms. The molecule has 0 aliphatic carbocycles. The maximum absolute atomic E-state index is 12.9. The van der Waals surface area contributed by atoms with Crippen LogP contribution in [-0.4, -0.2) is 25.7 Å². The molecule has 0 amide bonds. The van der Waals surface area contributed by atoms with E-state index in [4.69, 9.17) is 0 Å². The minimum atomic E-state index is -4.53. The van der Waals surface area contributed by atoms with Crippen molar-refractivity contribution in [2.75, 3.05) is 0 Å². The maximum atomic E-state index is 12.9. The van der Waals surface area contributed by atoms with Gasteiger partial charge in [0.1, 0.15) is 0 Å². The van der Waals surface area contributed by atoms with Gasteiger partial charge >= 0.3 is 12.1 Å². The third-order valence-corrected chi connectivity index (χ3v) is 4.19. The summed E-state index contributed by atoms with van der Waals surface area (Å²) in [6, 6.07) is 6.01. The third kappa shape index (κ3) is 3.57.